The molecule has 2 N–H and O–H groups in total. The first-order chi connectivity index (χ1) is 19.4. The largest absolute Gasteiger partial charge is 0.405 e. The summed E-state index contributed by atoms with van der Waals surface area (Å²) in [5.41, 5.74) is 1.12. The zero-order valence-corrected chi connectivity index (χ0v) is 23.0. The van der Waals surface area contributed by atoms with Crippen molar-refractivity contribution in [1.29, 1.82) is 0 Å². The SMILES string of the molecule is C=CCn1c(=O)c2cnc(Nc3ccc(N4CCNC(C(F)(F)F)C4)cc3)nc2n1-c1cncc(N=S(C)(C)=O)n1. The Morgan fingerprint density at radius 2 is 1.95 bits per heavy atom. The van der Waals surface area contributed by atoms with Crippen molar-refractivity contribution in [2.75, 3.05) is 42.4 Å². The maximum absolute atomic E-state index is 13.2. The van der Waals surface area contributed by atoms with Crippen molar-refractivity contribution in [3.8, 4) is 5.82 Å². The Balaban J connectivity index is 1.47. The fourth-order valence-corrected chi connectivity index (χ4v) is 4.95. The highest BCUT2D eigenvalue weighted by molar-refractivity contribution is 7.92. The van der Waals surface area contributed by atoms with Crippen molar-refractivity contribution in [3.63, 3.8) is 0 Å². The van der Waals surface area contributed by atoms with Crippen LogP contribution in [0.25, 0.3) is 16.9 Å². The summed E-state index contributed by atoms with van der Waals surface area (Å²) in [6.45, 7) is 4.35. The smallest absolute Gasteiger partial charge is 0.368 e. The van der Waals surface area contributed by atoms with E-state index in [4.69, 9.17) is 0 Å². The lowest BCUT2D eigenvalue weighted by atomic mass is 10.1. The van der Waals surface area contributed by atoms with Gasteiger partial charge in [0, 0.05) is 59.4 Å². The highest BCUT2D eigenvalue weighted by Crippen LogP contribution is 2.27. The molecule has 5 rings (SSSR count). The number of alkyl halides is 3. The number of nitrogens with one attached hydrogen (secondary N) is 2. The Morgan fingerprint density at radius 1 is 1.20 bits per heavy atom. The van der Waals surface area contributed by atoms with Crippen LogP contribution in [0.4, 0.5) is 36.3 Å². The summed E-state index contributed by atoms with van der Waals surface area (Å²) < 4.78 is 58.6. The first kappa shape index (κ1) is 28.2. The van der Waals surface area contributed by atoms with Crippen LogP contribution >= 0.6 is 0 Å². The molecule has 4 aromatic rings. The fraction of sp³-hybridized carbons (Fsp3) is 0.320. The summed E-state index contributed by atoms with van der Waals surface area (Å²) >= 11 is 0. The van der Waals surface area contributed by atoms with Crippen LogP contribution < -0.4 is 21.1 Å². The molecule has 3 aromatic heterocycles. The second-order valence-corrected chi connectivity index (χ2v) is 12.1. The van der Waals surface area contributed by atoms with Gasteiger partial charge in [0.05, 0.1) is 18.9 Å². The molecule has 1 aliphatic heterocycles. The van der Waals surface area contributed by atoms with E-state index in [1.807, 2.05) is 0 Å². The van der Waals surface area contributed by atoms with Crippen LogP contribution in [0.3, 0.4) is 0 Å². The van der Waals surface area contributed by atoms with E-state index in [9.17, 15) is 22.2 Å². The van der Waals surface area contributed by atoms with Gasteiger partial charge in [0.25, 0.3) is 5.56 Å². The number of hydrogen-bond acceptors (Lipinski definition) is 10. The Labute approximate surface area is 233 Å². The van der Waals surface area contributed by atoms with Gasteiger partial charge in [-0.25, -0.2) is 23.5 Å². The van der Waals surface area contributed by atoms with E-state index in [2.05, 4.69) is 41.5 Å². The minimum Gasteiger partial charge on any atom is -0.368 e. The quantitative estimate of drug-likeness (QED) is 0.313. The number of anilines is 3. The lowest BCUT2D eigenvalue weighted by Crippen LogP contribution is -2.57. The number of hydrogen-bond donors (Lipinski definition) is 2. The topological polar surface area (TPSA) is 135 Å². The van der Waals surface area contributed by atoms with Gasteiger partial charge in [-0.2, -0.15) is 22.5 Å². The first-order valence-electron chi connectivity index (χ1n) is 12.4. The summed E-state index contributed by atoms with van der Waals surface area (Å²) in [7, 11) is -2.51. The molecule has 0 bridgehead atoms. The van der Waals surface area contributed by atoms with Crippen molar-refractivity contribution in [2.45, 2.75) is 18.8 Å². The fourth-order valence-electron chi connectivity index (χ4n) is 4.41. The molecule has 1 fully saturated rings. The number of aromatic nitrogens is 6. The summed E-state index contributed by atoms with van der Waals surface area (Å²) in [5, 5.41) is 5.80. The third-order valence-corrected chi connectivity index (χ3v) is 6.80. The molecule has 4 heterocycles. The normalized spacial score (nSPS) is 16.1. The predicted octanol–water partition coefficient (Wildman–Crippen LogP) is 3.00. The number of nitrogens with zero attached hydrogens (tertiary/aromatic N) is 8. The van der Waals surface area contributed by atoms with Gasteiger partial charge >= 0.3 is 6.18 Å². The molecular formula is C25H27F3N10O2S. The van der Waals surface area contributed by atoms with Crippen LogP contribution in [0.1, 0.15) is 0 Å². The molecule has 1 aromatic carbocycles. The van der Waals surface area contributed by atoms with Crippen LogP contribution in [0.5, 0.6) is 0 Å². The van der Waals surface area contributed by atoms with Crippen LogP contribution in [0.2, 0.25) is 0 Å². The Bertz CT molecular complexity index is 1770. The molecule has 0 spiro atoms. The predicted molar refractivity (Wildman–Crippen MR) is 151 cm³/mol. The Kier molecular flexibility index (Phi) is 7.52. The van der Waals surface area contributed by atoms with Crippen LogP contribution in [0.15, 0.2) is 64.7 Å². The van der Waals surface area contributed by atoms with Gasteiger partial charge in [-0.1, -0.05) is 6.08 Å². The number of benzene rings is 1. The van der Waals surface area contributed by atoms with Gasteiger partial charge < -0.3 is 15.5 Å². The number of rotatable bonds is 7. The van der Waals surface area contributed by atoms with Crippen LogP contribution in [-0.4, -0.2) is 77.9 Å². The molecule has 41 heavy (non-hydrogen) atoms. The van der Waals surface area contributed by atoms with E-state index in [0.29, 0.717) is 17.9 Å². The van der Waals surface area contributed by atoms with Gasteiger partial charge in [-0.05, 0) is 24.3 Å². The Morgan fingerprint density at radius 3 is 2.63 bits per heavy atom. The van der Waals surface area contributed by atoms with Crippen molar-refractivity contribution in [3.05, 3.63) is 65.9 Å². The van der Waals surface area contributed by atoms with Gasteiger partial charge in [0.2, 0.25) is 5.95 Å². The molecule has 12 nitrogen and oxygen atoms in total. The van der Waals surface area contributed by atoms with Crippen molar-refractivity contribution >= 4 is 43.9 Å². The molecule has 1 unspecified atom stereocenters. The molecule has 1 atom stereocenters. The van der Waals surface area contributed by atoms with Crippen molar-refractivity contribution in [2.24, 2.45) is 4.36 Å². The lowest BCUT2D eigenvalue weighted by Gasteiger charge is -2.36. The summed E-state index contributed by atoms with van der Waals surface area (Å²) in [6, 6.07) is 5.28. The third kappa shape index (κ3) is 6.22. The minimum atomic E-state index is -4.32. The number of halogens is 3. The molecule has 1 aliphatic rings. The van der Waals surface area contributed by atoms with E-state index in [-0.39, 0.29) is 53.8 Å². The van der Waals surface area contributed by atoms with E-state index in [1.165, 1.54) is 40.5 Å². The maximum Gasteiger partial charge on any atom is 0.405 e. The maximum atomic E-state index is 13.2. The molecule has 0 saturated carbocycles. The standard InChI is InChI=1S/C25H27F3N10O2S/c1-4-10-37-23(39)18-12-31-24(34-22(18)38(37)21-14-29-13-20(33-21)35-41(2,3)40)32-16-5-7-17(8-6-16)36-11-9-30-19(15-36)25(26,27)28/h4-8,12-14,19,30H,1,9-11,15H2,2-3H3,(H,31,32,34). The van der Waals surface area contributed by atoms with Crippen molar-refractivity contribution in [1.82, 2.24) is 34.6 Å². The summed E-state index contributed by atoms with van der Waals surface area (Å²) in [5.74, 6) is 0.537. The monoisotopic (exact) mass is 588 g/mol. The van der Waals surface area contributed by atoms with Crippen LogP contribution in [0, 0.1) is 0 Å². The van der Waals surface area contributed by atoms with Crippen LogP contribution in [-0.2, 0) is 16.3 Å². The zero-order valence-electron chi connectivity index (χ0n) is 22.2. The molecule has 16 heteroatoms. The highest BCUT2D eigenvalue weighted by atomic mass is 32.2. The van der Waals surface area contributed by atoms with E-state index >= 15 is 0 Å². The van der Waals surface area contributed by atoms with Crippen molar-refractivity contribution < 1.29 is 17.4 Å². The second kappa shape index (κ2) is 10.9. The molecule has 0 amide bonds. The summed E-state index contributed by atoms with van der Waals surface area (Å²) in [4.78, 5) is 32.2. The number of allylic oxidation sites excluding steroid dienone is 1. The van der Waals surface area contributed by atoms with Gasteiger partial charge in [-0.15, -0.1) is 6.58 Å². The molecular weight excluding hydrogens is 561 g/mol. The lowest BCUT2D eigenvalue weighted by molar-refractivity contribution is -0.155. The minimum absolute atomic E-state index is 0.135. The third-order valence-electron chi connectivity index (χ3n) is 6.18. The van der Waals surface area contributed by atoms with Gasteiger partial charge in [0.15, 0.2) is 17.3 Å². The number of fused-ring (bicyclic) bond motifs is 1. The molecule has 216 valence electrons. The first-order valence-corrected chi connectivity index (χ1v) is 14.8. The average molecular weight is 589 g/mol. The van der Waals surface area contributed by atoms with E-state index < -0.39 is 21.9 Å². The highest BCUT2D eigenvalue weighted by Gasteiger charge is 2.42. The summed E-state index contributed by atoms with van der Waals surface area (Å²) in [6.07, 6.45) is 4.36. The van der Waals surface area contributed by atoms with E-state index in [0.717, 1.165) is 0 Å². The van der Waals surface area contributed by atoms with Gasteiger partial charge in [-0.3, -0.25) is 9.78 Å². The molecule has 0 radical (unpaired) electrons. The average Bonchev–Trinajstić information content (AvgIpc) is 3.19. The zero-order chi connectivity index (χ0) is 29.4. The molecule has 0 aliphatic carbocycles. The van der Waals surface area contributed by atoms with Gasteiger partial charge in [0.1, 0.15) is 11.4 Å². The Hall–Kier alpha value is -4.31. The number of piperazine rings is 1. The second-order valence-electron chi connectivity index (χ2n) is 9.59. The molecule has 1 saturated heterocycles. The van der Waals surface area contributed by atoms with E-state index in [1.54, 1.807) is 35.2 Å².